The lowest BCUT2D eigenvalue weighted by Gasteiger charge is -2.17. The average molecular weight is 242 g/mol. The third kappa shape index (κ3) is 4.02. The van der Waals surface area contributed by atoms with Crippen LogP contribution < -0.4 is 0 Å². The topological polar surface area (TPSA) is 17.8 Å². The molecule has 0 aliphatic heterocycles. The molecule has 0 saturated heterocycles. The Labute approximate surface area is 110 Å². The van der Waals surface area contributed by atoms with Gasteiger partial charge < -0.3 is 4.57 Å². The van der Waals surface area contributed by atoms with Crippen molar-refractivity contribution in [2.45, 2.75) is 40.2 Å². The zero-order chi connectivity index (χ0) is 13.0. The number of imidazole rings is 1. The molecule has 0 aliphatic carbocycles. The molecule has 0 spiro atoms. The van der Waals surface area contributed by atoms with Crippen LogP contribution in [0.15, 0.2) is 42.9 Å². The van der Waals surface area contributed by atoms with E-state index in [0.717, 1.165) is 18.7 Å². The zero-order valence-corrected chi connectivity index (χ0v) is 11.6. The van der Waals surface area contributed by atoms with E-state index in [-0.39, 0.29) is 0 Å². The molecule has 0 bridgehead atoms. The van der Waals surface area contributed by atoms with Crippen molar-refractivity contribution in [2.75, 3.05) is 0 Å². The van der Waals surface area contributed by atoms with E-state index >= 15 is 0 Å². The van der Waals surface area contributed by atoms with Crippen LogP contribution in [0, 0.1) is 5.41 Å². The van der Waals surface area contributed by atoms with Gasteiger partial charge in [-0.15, -0.1) is 0 Å². The minimum atomic E-state index is 0.379. The van der Waals surface area contributed by atoms with E-state index in [2.05, 4.69) is 60.8 Å². The quantitative estimate of drug-likeness (QED) is 0.795. The van der Waals surface area contributed by atoms with Crippen LogP contribution in [-0.2, 0) is 13.0 Å². The SMILES string of the molecule is CC(C)(C)CCn1cnc(Cc2ccccc2)c1. The summed E-state index contributed by atoms with van der Waals surface area (Å²) in [6.07, 6.45) is 6.21. The van der Waals surface area contributed by atoms with Gasteiger partial charge in [-0.3, -0.25) is 0 Å². The van der Waals surface area contributed by atoms with Crippen LogP contribution in [0.3, 0.4) is 0 Å². The van der Waals surface area contributed by atoms with Crippen LogP contribution >= 0.6 is 0 Å². The Morgan fingerprint density at radius 3 is 2.50 bits per heavy atom. The highest BCUT2D eigenvalue weighted by Crippen LogP contribution is 2.19. The fourth-order valence-corrected chi connectivity index (χ4v) is 1.89. The van der Waals surface area contributed by atoms with Crippen molar-refractivity contribution >= 4 is 0 Å². The van der Waals surface area contributed by atoms with Gasteiger partial charge in [0.15, 0.2) is 0 Å². The van der Waals surface area contributed by atoms with Gasteiger partial charge in [0.2, 0.25) is 0 Å². The van der Waals surface area contributed by atoms with Gasteiger partial charge in [-0.2, -0.15) is 0 Å². The largest absolute Gasteiger partial charge is 0.337 e. The number of benzene rings is 1. The van der Waals surface area contributed by atoms with E-state index in [1.807, 2.05) is 12.4 Å². The molecule has 0 amide bonds. The summed E-state index contributed by atoms with van der Waals surface area (Å²) < 4.78 is 2.20. The van der Waals surface area contributed by atoms with E-state index in [1.165, 1.54) is 12.0 Å². The van der Waals surface area contributed by atoms with Crippen molar-refractivity contribution in [2.24, 2.45) is 5.41 Å². The van der Waals surface area contributed by atoms with Gasteiger partial charge in [-0.1, -0.05) is 51.1 Å². The number of nitrogens with zero attached hydrogens (tertiary/aromatic N) is 2. The van der Waals surface area contributed by atoms with Gasteiger partial charge in [0.05, 0.1) is 12.0 Å². The summed E-state index contributed by atoms with van der Waals surface area (Å²) >= 11 is 0. The van der Waals surface area contributed by atoms with E-state index in [1.54, 1.807) is 0 Å². The van der Waals surface area contributed by atoms with Gasteiger partial charge in [-0.05, 0) is 17.4 Å². The molecule has 0 aliphatic rings. The predicted octanol–water partition coefficient (Wildman–Crippen LogP) is 3.91. The Morgan fingerprint density at radius 1 is 1.11 bits per heavy atom. The lowest BCUT2D eigenvalue weighted by atomic mass is 9.92. The molecule has 1 heterocycles. The van der Waals surface area contributed by atoms with Crippen molar-refractivity contribution in [1.82, 2.24) is 9.55 Å². The fourth-order valence-electron chi connectivity index (χ4n) is 1.89. The van der Waals surface area contributed by atoms with Crippen LogP contribution in [-0.4, -0.2) is 9.55 Å². The second-order valence-corrected chi connectivity index (χ2v) is 6.08. The van der Waals surface area contributed by atoms with Crippen molar-refractivity contribution in [3.05, 3.63) is 54.1 Å². The number of rotatable bonds is 4. The molecule has 0 fully saturated rings. The summed E-state index contributed by atoms with van der Waals surface area (Å²) in [4.78, 5) is 4.48. The van der Waals surface area contributed by atoms with Crippen LogP contribution in [0.5, 0.6) is 0 Å². The minimum absolute atomic E-state index is 0.379. The first-order valence-electron chi connectivity index (χ1n) is 6.57. The van der Waals surface area contributed by atoms with Gasteiger partial charge in [0.1, 0.15) is 0 Å². The first kappa shape index (κ1) is 12.9. The Morgan fingerprint density at radius 2 is 1.83 bits per heavy atom. The third-order valence-electron chi connectivity index (χ3n) is 3.03. The Hall–Kier alpha value is -1.57. The number of hydrogen-bond acceptors (Lipinski definition) is 1. The average Bonchev–Trinajstić information content (AvgIpc) is 2.75. The van der Waals surface area contributed by atoms with Crippen LogP contribution in [0.4, 0.5) is 0 Å². The molecule has 0 radical (unpaired) electrons. The molecule has 0 saturated carbocycles. The maximum Gasteiger partial charge on any atom is 0.0949 e. The number of hydrogen-bond donors (Lipinski definition) is 0. The van der Waals surface area contributed by atoms with Crippen molar-refractivity contribution < 1.29 is 0 Å². The first-order chi connectivity index (χ1) is 8.53. The van der Waals surface area contributed by atoms with Crippen LogP contribution in [0.25, 0.3) is 0 Å². The summed E-state index contributed by atoms with van der Waals surface area (Å²) in [6.45, 7) is 7.86. The van der Waals surface area contributed by atoms with Gasteiger partial charge in [0.25, 0.3) is 0 Å². The third-order valence-corrected chi connectivity index (χ3v) is 3.03. The summed E-state index contributed by atoms with van der Waals surface area (Å²) in [5.41, 5.74) is 2.85. The van der Waals surface area contributed by atoms with Crippen molar-refractivity contribution in [1.29, 1.82) is 0 Å². The van der Waals surface area contributed by atoms with Gasteiger partial charge in [0, 0.05) is 19.2 Å². The van der Waals surface area contributed by atoms with Gasteiger partial charge >= 0.3 is 0 Å². The molecule has 18 heavy (non-hydrogen) atoms. The molecule has 96 valence electrons. The second kappa shape index (κ2) is 5.38. The molecule has 0 atom stereocenters. The number of aryl methyl sites for hydroxylation is 1. The Kier molecular flexibility index (Phi) is 3.85. The molecule has 2 nitrogen and oxygen atoms in total. The van der Waals surface area contributed by atoms with Gasteiger partial charge in [-0.25, -0.2) is 4.98 Å². The predicted molar refractivity (Wildman–Crippen MR) is 75.5 cm³/mol. The van der Waals surface area contributed by atoms with E-state index in [9.17, 15) is 0 Å². The lowest BCUT2D eigenvalue weighted by Crippen LogP contribution is -2.09. The second-order valence-electron chi connectivity index (χ2n) is 6.08. The summed E-state index contributed by atoms with van der Waals surface area (Å²) in [5.74, 6) is 0. The first-order valence-corrected chi connectivity index (χ1v) is 6.57. The molecule has 2 heteroatoms. The molecule has 1 aromatic carbocycles. The van der Waals surface area contributed by atoms with Crippen LogP contribution in [0.1, 0.15) is 38.4 Å². The summed E-state index contributed by atoms with van der Waals surface area (Å²) in [6, 6.07) is 10.5. The van der Waals surface area contributed by atoms with E-state index in [4.69, 9.17) is 0 Å². The maximum atomic E-state index is 4.48. The smallest absolute Gasteiger partial charge is 0.0949 e. The summed E-state index contributed by atoms with van der Waals surface area (Å²) in [7, 11) is 0. The molecule has 1 aromatic heterocycles. The Bertz CT molecular complexity index is 477. The van der Waals surface area contributed by atoms with Crippen molar-refractivity contribution in [3.63, 3.8) is 0 Å². The fraction of sp³-hybridized carbons (Fsp3) is 0.438. The standard InChI is InChI=1S/C16H22N2/c1-16(2,3)9-10-18-12-15(17-13-18)11-14-7-5-4-6-8-14/h4-8,12-13H,9-11H2,1-3H3. The Balaban J connectivity index is 1.94. The molecule has 0 unspecified atom stereocenters. The minimum Gasteiger partial charge on any atom is -0.337 e. The van der Waals surface area contributed by atoms with Crippen molar-refractivity contribution in [3.8, 4) is 0 Å². The van der Waals surface area contributed by atoms with E-state index in [0.29, 0.717) is 5.41 Å². The van der Waals surface area contributed by atoms with E-state index < -0.39 is 0 Å². The highest BCUT2D eigenvalue weighted by Gasteiger charge is 2.10. The molecule has 0 N–H and O–H groups in total. The molecule has 2 aromatic rings. The highest BCUT2D eigenvalue weighted by atomic mass is 15.0. The molecular formula is C16H22N2. The number of aromatic nitrogens is 2. The maximum absolute atomic E-state index is 4.48. The summed E-state index contributed by atoms with van der Waals surface area (Å²) in [5, 5.41) is 0. The highest BCUT2D eigenvalue weighted by molar-refractivity contribution is 5.20. The normalized spacial score (nSPS) is 11.7. The van der Waals surface area contributed by atoms with Crippen LogP contribution in [0.2, 0.25) is 0 Å². The lowest BCUT2D eigenvalue weighted by molar-refractivity contribution is 0.350. The zero-order valence-electron chi connectivity index (χ0n) is 11.6. The monoisotopic (exact) mass is 242 g/mol. The molecular weight excluding hydrogens is 220 g/mol. The molecule has 2 rings (SSSR count).